The van der Waals surface area contributed by atoms with Crippen molar-refractivity contribution in [1.82, 2.24) is 15.1 Å². The first-order valence-electron chi connectivity index (χ1n) is 4.93. The fourth-order valence-corrected chi connectivity index (χ4v) is 1.91. The minimum Gasteiger partial charge on any atom is -0.477 e. The van der Waals surface area contributed by atoms with E-state index in [4.69, 9.17) is 9.47 Å². The van der Waals surface area contributed by atoms with E-state index in [1.54, 1.807) is 10.9 Å². The highest BCUT2D eigenvalue weighted by molar-refractivity contribution is 9.10. The van der Waals surface area contributed by atoms with Gasteiger partial charge in [0.15, 0.2) is 0 Å². The molecule has 1 aliphatic rings. The molecule has 1 aromatic heterocycles. The average Bonchev–Trinajstić information content (AvgIpc) is 2.52. The number of alkyl carbamates (subject to hydrolysis) is 1. The van der Waals surface area contributed by atoms with Gasteiger partial charge in [0.25, 0.3) is 0 Å². The number of rotatable bonds is 1. The Labute approximate surface area is 101 Å². The standard InChI is InChI=1S/C9H12BrN3O3/c1-11-9(14)16-6-2-3-15-8-7(10)4-12-13(8)5-6/h4,6H,2-3,5H2,1H3,(H,11,14). The molecule has 0 aliphatic carbocycles. The Balaban J connectivity index is 2.08. The molecule has 1 N–H and O–H groups in total. The van der Waals surface area contributed by atoms with Gasteiger partial charge in [-0.1, -0.05) is 0 Å². The van der Waals surface area contributed by atoms with Crippen LogP contribution in [0.4, 0.5) is 4.79 Å². The van der Waals surface area contributed by atoms with Crippen LogP contribution in [-0.4, -0.2) is 35.6 Å². The Hall–Kier alpha value is -1.24. The van der Waals surface area contributed by atoms with Gasteiger partial charge in [0.1, 0.15) is 6.10 Å². The number of fused-ring (bicyclic) bond motifs is 1. The lowest BCUT2D eigenvalue weighted by Gasteiger charge is -2.14. The van der Waals surface area contributed by atoms with Gasteiger partial charge < -0.3 is 14.8 Å². The number of aromatic nitrogens is 2. The van der Waals surface area contributed by atoms with Gasteiger partial charge in [0.2, 0.25) is 5.88 Å². The molecule has 0 aromatic carbocycles. The van der Waals surface area contributed by atoms with Crippen molar-refractivity contribution >= 4 is 22.0 Å². The van der Waals surface area contributed by atoms with E-state index in [1.807, 2.05) is 0 Å². The van der Waals surface area contributed by atoms with E-state index in [1.165, 1.54) is 7.05 Å². The monoisotopic (exact) mass is 289 g/mol. The van der Waals surface area contributed by atoms with Crippen LogP contribution in [0.25, 0.3) is 0 Å². The summed E-state index contributed by atoms with van der Waals surface area (Å²) in [5, 5.41) is 6.55. The van der Waals surface area contributed by atoms with Crippen LogP contribution in [0.5, 0.6) is 5.88 Å². The molecular formula is C9H12BrN3O3. The second kappa shape index (κ2) is 4.73. The van der Waals surface area contributed by atoms with E-state index in [-0.39, 0.29) is 6.10 Å². The van der Waals surface area contributed by atoms with Gasteiger partial charge in [0.05, 0.1) is 23.8 Å². The van der Waals surface area contributed by atoms with Crippen molar-refractivity contribution in [3.8, 4) is 5.88 Å². The Morgan fingerprint density at radius 1 is 1.81 bits per heavy atom. The number of halogens is 1. The zero-order valence-corrected chi connectivity index (χ0v) is 10.4. The molecule has 6 nitrogen and oxygen atoms in total. The van der Waals surface area contributed by atoms with Crippen LogP contribution in [0.2, 0.25) is 0 Å². The van der Waals surface area contributed by atoms with Crippen LogP contribution >= 0.6 is 15.9 Å². The summed E-state index contributed by atoms with van der Waals surface area (Å²) in [6, 6.07) is 0. The maximum absolute atomic E-state index is 11.1. The van der Waals surface area contributed by atoms with Gasteiger partial charge in [0, 0.05) is 13.5 Å². The molecule has 2 rings (SSSR count). The van der Waals surface area contributed by atoms with E-state index in [2.05, 4.69) is 26.3 Å². The fourth-order valence-electron chi connectivity index (χ4n) is 1.50. The number of nitrogens with zero attached hydrogens (tertiary/aromatic N) is 2. The van der Waals surface area contributed by atoms with Gasteiger partial charge >= 0.3 is 6.09 Å². The van der Waals surface area contributed by atoms with Crippen molar-refractivity contribution in [3.05, 3.63) is 10.7 Å². The van der Waals surface area contributed by atoms with Crippen molar-refractivity contribution in [2.24, 2.45) is 0 Å². The summed E-state index contributed by atoms with van der Waals surface area (Å²) in [5.41, 5.74) is 0. The van der Waals surface area contributed by atoms with E-state index in [0.29, 0.717) is 25.5 Å². The zero-order valence-electron chi connectivity index (χ0n) is 8.77. The molecule has 1 aliphatic heterocycles. The maximum Gasteiger partial charge on any atom is 0.407 e. The molecule has 1 unspecified atom stereocenters. The summed E-state index contributed by atoms with van der Waals surface area (Å²) >= 11 is 3.34. The van der Waals surface area contributed by atoms with Gasteiger partial charge in [-0.25, -0.2) is 9.48 Å². The second-order valence-electron chi connectivity index (χ2n) is 3.39. The summed E-state index contributed by atoms with van der Waals surface area (Å²) in [4.78, 5) is 11.1. The van der Waals surface area contributed by atoms with Crippen LogP contribution in [-0.2, 0) is 11.3 Å². The highest BCUT2D eigenvalue weighted by atomic mass is 79.9. The highest BCUT2D eigenvalue weighted by Gasteiger charge is 2.22. The molecule has 0 spiro atoms. The van der Waals surface area contributed by atoms with Gasteiger partial charge in [-0.3, -0.25) is 0 Å². The van der Waals surface area contributed by atoms with Crippen molar-refractivity contribution in [1.29, 1.82) is 0 Å². The molecule has 0 radical (unpaired) electrons. The SMILES string of the molecule is CNC(=O)OC1CCOc2c(Br)cnn2C1. The number of ether oxygens (including phenoxy) is 2. The first kappa shape index (κ1) is 11.3. The van der Waals surface area contributed by atoms with Crippen LogP contribution in [0, 0.1) is 0 Å². The molecule has 1 atom stereocenters. The molecule has 2 heterocycles. The molecule has 1 aromatic rings. The normalized spacial score (nSPS) is 19.2. The number of carbonyl (C=O) groups excluding carboxylic acids is 1. The highest BCUT2D eigenvalue weighted by Crippen LogP contribution is 2.27. The third-order valence-electron chi connectivity index (χ3n) is 2.28. The summed E-state index contributed by atoms with van der Waals surface area (Å²) in [6.07, 6.45) is 1.67. The summed E-state index contributed by atoms with van der Waals surface area (Å²) < 4.78 is 13.2. The molecular weight excluding hydrogens is 278 g/mol. The largest absolute Gasteiger partial charge is 0.477 e. The Morgan fingerprint density at radius 2 is 2.62 bits per heavy atom. The minimum absolute atomic E-state index is 0.215. The average molecular weight is 290 g/mol. The van der Waals surface area contributed by atoms with Gasteiger partial charge in [-0.2, -0.15) is 5.10 Å². The van der Waals surface area contributed by atoms with E-state index in [0.717, 1.165) is 4.47 Å². The van der Waals surface area contributed by atoms with E-state index >= 15 is 0 Å². The molecule has 0 fully saturated rings. The predicted octanol–water partition coefficient (Wildman–Crippen LogP) is 1.15. The lowest BCUT2D eigenvalue weighted by molar-refractivity contribution is 0.0818. The summed E-state index contributed by atoms with van der Waals surface area (Å²) in [7, 11) is 1.53. The number of amides is 1. The molecule has 16 heavy (non-hydrogen) atoms. The third-order valence-corrected chi connectivity index (χ3v) is 2.83. The van der Waals surface area contributed by atoms with Gasteiger partial charge in [-0.05, 0) is 15.9 Å². The Morgan fingerprint density at radius 3 is 3.38 bits per heavy atom. The van der Waals surface area contributed by atoms with Crippen molar-refractivity contribution < 1.29 is 14.3 Å². The molecule has 0 saturated carbocycles. The van der Waals surface area contributed by atoms with Crippen LogP contribution in [0.3, 0.4) is 0 Å². The van der Waals surface area contributed by atoms with Crippen molar-refractivity contribution in [2.45, 2.75) is 19.1 Å². The molecule has 0 saturated heterocycles. The lowest BCUT2D eigenvalue weighted by Crippen LogP contribution is -2.29. The number of carbonyl (C=O) groups is 1. The van der Waals surface area contributed by atoms with E-state index in [9.17, 15) is 4.79 Å². The lowest BCUT2D eigenvalue weighted by atomic mass is 10.3. The number of hydrogen-bond acceptors (Lipinski definition) is 4. The molecule has 7 heteroatoms. The smallest absolute Gasteiger partial charge is 0.407 e. The third kappa shape index (κ3) is 2.29. The summed E-state index contributed by atoms with van der Waals surface area (Å²) in [6.45, 7) is 1.01. The Bertz CT molecular complexity index is 393. The zero-order chi connectivity index (χ0) is 11.5. The number of nitrogens with one attached hydrogen (secondary N) is 1. The molecule has 1 amide bonds. The van der Waals surface area contributed by atoms with Crippen LogP contribution in [0.1, 0.15) is 6.42 Å². The van der Waals surface area contributed by atoms with Crippen molar-refractivity contribution in [3.63, 3.8) is 0 Å². The minimum atomic E-state index is -0.431. The number of hydrogen-bond donors (Lipinski definition) is 1. The molecule has 0 bridgehead atoms. The molecule has 88 valence electrons. The first-order chi connectivity index (χ1) is 7.70. The van der Waals surface area contributed by atoms with Crippen LogP contribution in [0.15, 0.2) is 10.7 Å². The quantitative estimate of drug-likeness (QED) is 0.842. The summed E-state index contributed by atoms with van der Waals surface area (Å²) in [5.74, 6) is 0.683. The Kier molecular flexibility index (Phi) is 3.33. The van der Waals surface area contributed by atoms with E-state index < -0.39 is 6.09 Å². The second-order valence-corrected chi connectivity index (χ2v) is 4.25. The fraction of sp³-hybridized carbons (Fsp3) is 0.556. The van der Waals surface area contributed by atoms with Gasteiger partial charge in [-0.15, -0.1) is 0 Å². The predicted molar refractivity (Wildman–Crippen MR) is 59.4 cm³/mol. The van der Waals surface area contributed by atoms with Crippen molar-refractivity contribution in [2.75, 3.05) is 13.7 Å². The maximum atomic E-state index is 11.1. The topological polar surface area (TPSA) is 65.4 Å². The van der Waals surface area contributed by atoms with Crippen LogP contribution < -0.4 is 10.1 Å². The first-order valence-corrected chi connectivity index (χ1v) is 5.72.